The van der Waals surface area contributed by atoms with Crippen LogP contribution in [0.25, 0.3) is 10.9 Å². The van der Waals surface area contributed by atoms with Gasteiger partial charge in [-0.1, -0.05) is 30.3 Å². The predicted octanol–water partition coefficient (Wildman–Crippen LogP) is 3.90. The fourth-order valence-electron chi connectivity index (χ4n) is 3.92. The van der Waals surface area contributed by atoms with Crippen molar-refractivity contribution in [2.45, 2.75) is 32.0 Å². The number of nitriles is 1. The lowest BCUT2D eigenvalue weighted by molar-refractivity contribution is -0.135. The number of benzene rings is 2. The number of morpholine rings is 1. The lowest BCUT2D eigenvalue weighted by atomic mass is 10.0. The highest BCUT2D eigenvalue weighted by atomic mass is 16.5. The molecule has 0 amide bonds. The maximum atomic E-state index is 12.9. The second-order valence-corrected chi connectivity index (χ2v) is 7.44. The third-order valence-electron chi connectivity index (χ3n) is 5.33. The van der Waals surface area contributed by atoms with Crippen molar-refractivity contribution in [3.8, 4) is 6.07 Å². The van der Waals surface area contributed by atoms with E-state index in [-0.39, 0.29) is 11.9 Å². The molecule has 0 bridgehead atoms. The SMILES string of the molecule is C[C@@H]1CN(c2ccc(C#N)c3ncccc23)C[C@H](C(=O)CCc2ccccc2)O1. The Bertz CT molecular complexity index is 1060. The normalized spacial score (nSPS) is 19.1. The largest absolute Gasteiger partial charge is 0.365 e. The molecule has 5 heteroatoms. The highest BCUT2D eigenvalue weighted by Gasteiger charge is 2.31. The molecule has 29 heavy (non-hydrogen) atoms. The Labute approximate surface area is 170 Å². The number of anilines is 1. The van der Waals surface area contributed by atoms with Gasteiger partial charge < -0.3 is 9.64 Å². The van der Waals surface area contributed by atoms with Gasteiger partial charge in [0, 0.05) is 30.2 Å². The van der Waals surface area contributed by atoms with E-state index in [0.717, 1.165) is 23.1 Å². The highest BCUT2D eigenvalue weighted by molar-refractivity contribution is 5.95. The van der Waals surface area contributed by atoms with Crippen molar-refractivity contribution in [1.82, 2.24) is 4.98 Å². The quantitative estimate of drug-likeness (QED) is 0.666. The lowest BCUT2D eigenvalue weighted by Gasteiger charge is -2.38. The maximum Gasteiger partial charge on any atom is 0.163 e. The molecule has 1 saturated heterocycles. The summed E-state index contributed by atoms with van der Waals surface area (Å²) in [5.74, 6) is 0.126. The van der Waals surface area contributed by atoms with Crippen LogP contribution in [0, 0.1) is 11.3 Å². The third-order valence-corrected chi connectivity index (χ3v) is 5.33. The monoisotopic (exact) mass is 385 g/mol. The zero-order valence-corrected chi connectivity index (χ0v) is 16.4. The zero-order chi connectivity index (χ0) is 20.2. The number of rotatable bonds is 5. The van der Waals surface area contributed by atoms with E-state index in [0.29, 0.717) is 30.6 Å². The summed E-state index contributed by atoms with van der Waals surface area (Å²) in [5, 5.41) is 10.3. The standard InChI is InChI=1S/C24H23N3O2/c1-17-15-27(21-11-10-19(14-25)24-20(21)8-5-13-26-24)16-23(29-17)22(28)12-9-18-6-3-2-4-7-18/h2-8,10-11,13,17,23H,9,12,15-16H2,1H3/t17-,23-/m1/s1. The Morgan fingerprint density at radius 3 is 2.79 bits per heavy atom. The fourth-order valence-corrected chi connectivity index (χ4v) is 3.92. The molecule has 0 unspecified atom stereocenters. The first kappa shape index (κ1) is 19.1. The van der Waals surface area contributed by atoms with Crippen molar-refractivity contribution in [2.24, 2.45) is 0 Å². The lowest BCUT2D eigenvalue weighted by Crippen LogP contribution is -2.50. The molecule has 2 aromatic carbocycles. The van der Waals surface area contributed by atoms with Crippen LogP contribution in [0.15, 0.2) is 60.8 Å². The van der Waals surface area contributed by atoms with Gasteiger partial charge in [0.15, 0.2) is 5.78 Å². The van der Waals surface area contributed by atoms with Crippen LogP contribution in [0.3, 0.4) is 0 Å². The number of carbonyl (C=O) groups excluding carboxylic acids is 1. The van der Waals surface area contributed by atoms with Gasteiger partial charge in [-0.15, -0.1) is 0 Å². The number of aryl methyl sites for hydroxylation is 1. The first-order chi connectivity index (χ1) is 14.2. The van der Waals surface area contributed by atoms with Gasteiger partial charge >= 0.3 is 0 Å². The number of hydrogen-bond donors (Lipinski definition) is 0. The van der Waals surface area contributed by atoms with E-state index in [9.17, 15) is 10.1 Å². The number of ketones is 1. The average Bonchev–Trinajstić information content (AvgIpc) is 2.77. The van der Waals surface area contributed by atoms with E-state index in [1.807, 2.05) is 55.5 Å². The number of fused-ring (bicyclic) bond motifs is 1. The van der Waals surface area contributed by atoms with Crippen molar-refractivity contribution in [3.63, 3.8) is 0 Å². The maximum absolute atomic E-state index is 12.9. The molecule has 0 aliphatic carbocycles. The summed E-state index contributed by atoms with van der Waals surface area (Å²) in [5.41, 5.74) is 3.40. The van der Waals surface area contributed by atoms with Gasteiger partial charge in [-0.25, -0.2) is 0 Å². The van der Waals surface area contributed by atoms with Gasteiger partial charge in [0.05, 0.1) is 23.7 Å². The molecule has 0 N–H and O–H groups in total. The van der Waals surface area contributed by atoms with E-state index in [1.54, 1.807) is 12.3 Å². The molecule has 3 aromatic rings. The summed E-state index contributed by atoms with van der Waals surface area (Å²) in [4.78, 5) is 19.4. The number of nitrogens with zero attached hydrogens (tertiary/aromatic N) is 3. The first-order valence-electron chi connectivity index (χ1n) is 9.90. The first-order valence-corrected chi connectivity index (χ1v) is 9.90. The topological polar surface area (TPSA) is 66.2 Å². The van der Waals surface area contributed by atoms with Crippen LogP contribution in [-0.4, -0.2) is 36.1 Å². The summed E-state index contributed by atoms with van der Waals surface area (Å²) >= 11 is 0. The van der Waals surface area contributed by atoms with Crippen LogP contribution < -0.4 is 4.90 Å². The molecule has 0 saturated carbocycles. The third kappa shape index (κ3) is 4.13. The summed E-state index contributed by atoms with van der Waals surface area (Å²) in [7, 11) is 0. The number of aromatic nitrogens is 1. The van der Waals surface area contributed by atoms with Crippen molar-refractivity contribution < 1.29 is 9.53 Å². The van der Waals surface area contributed by atoms with Crippen LogP contribution in [0.5, 0.6) is 0 Å². The molecule has 1 fully saturated rings. The van der Waals surface area contributed by atoms with Gasteiger partial charge in [0.1, 0.15) is 12.2 Å². The summed E-state index contributed by atoms with van der Waals surface area (Å²) in [6.07, 6.45) is 2.37. The molecule has 5 nitrogen and oxygen atoms in total. The number of Topliss-reactive ketones (excluding diaryl/α,β-unsaturated/α-hetero) is 1. The van der Waals surface area contributed by atoms with Gasteiger partial charge in [0.25, 0.3) is 0 Å². The minimum atomic E-state index is -0.454. The van der Waals surface area contributed by atoms with Crippen molar-refractivity contribution >= 4 is 22.4 Å². The Morgan fingerprint density at radius 2 is 2.00 bits per heavy atom. The second kappa shape index (κ2) is 8.42. The molecule has 4 rings (SSSR count). The van der Waals surface area contributed by atoms with E-state index in [2.05, 4.69) is 16.0 Å². The summed E-state index contributed by atoms with van der Waals surface area (Å²) in [6.45, 7) is 3.19. The molecular weight excluding hydrogens is 362 g/mol. The van der Waals surface area contributed by atoms with Crippen LogP contribution >= 0.6 is 0 Å². The molecule has 0 spiro atoms. The van der Waals surface area contributed by atoms with E-state index >= 15 is 0 Å². The van der Waals surface area contributed by atoms with Gasteiger partial charge in [-0.3, -0.25) is 9.78 Å². The van der Waals surface area contributed by atoms with Crippen LogP contribution in [0.2, 0.25) is 0 Å². The Balaban J connectivity index is 1.54. The van der Waals surface area contributed by atoms with Gasteiger partial charge in [-0.2, -0.15) is 5.26 Å². The van der Waals surface area contributed by atoms with Crippen LogP contribution in [0.1, 0.15) is 24.5 Å². The number of hydrogen-bond acceptors (Lipinski definition) is 5. The highest BCUT2D eigenvalue weighted by Crippen LogP contribution is 2.30. The zero-order valence-electron chi connectivity index (χ0n) is 16.4. The molecule has 1 aromatic heterocycles. The predicted molar refractivity (Wildman–Crippen MR) is 113 cm³/mol. The van der Waals surface area contributed by atoms with E-state index < -0.39 is 6.10 Å². The molecular formula is C24H23N3O2. The average molecular weight is 385 g/mol. The Morgan fingerprint density at radius 1 is 1.17 bits per heavy atom. The number of pyridine rings is 1. The fraction of sp³-hybridized carbons (Fsp3) is 0.292. The number of carbonyl (C=O) groups is 1. The minimum Gasteiger partial charge on any atom is -0.365 e. The van der Waals surface area contributed by atoms with E-state index in [4.69, 9.17) is 4.74 Å². The Hall–Kier alpha value is -3.23. The Kier molecular flexibility index (Phi) is 5.55. The summed E-state index contributed by atoms with van der Waals surface area (Å²) in [6, 6.07) is 19.9. The molecule has 0 radical (unpaired) electrons. The smallest absolute Gasteiger partial charge is 0.163 e. The second-order valence-electron chi connectivity index (χ2n) is 7.44. The van der Waals surface area contributed by atoms with Crippen molar-refractivity contribution in [2.75, 3.05) is 18.0 Å². The molecule has 2 heterocycles. The molecule has 1 aliphatic heterocycles. The molecule has 2 atom stereocenters. The van der Waals surface area contributed by atoms with Gasteiger partial charge in [0.2, 0.25) is 0 Å². The van der Waals surface area contributed by atoms with Crippen molar-refractivity contribution in [1.29, 1.82) is 5.26 Å². The van der Waals surface area contributed by atoms with Crippen LogP contribution in [0.4, 0.5) is 5.69 Å². The van der Waals surface area contributed by atoms with E-state index in [1.165, 1.54) is 0 Å². The van der Waals surface area contributed by atoms with Crippen molar-refractivity contribution in [3.05, 3.63) is 71.9 Å². The number of ether oxygens (including phenoxy) is 1. The van der Waals surface area contributed by atoms with Gasteiger partial charge in [-0.05, 0) is 43.2 Å². The molecule has 146 valence electrons. The minimum absolute atomic E-state index is 0.0585. The van der Waals surface area contributed by atoms with Crippen LogP contribution in [-0.2, 0) is 16.0 Å². The molecule has 1 aliphatic rings. The summed E-state index contributed by atoms with van der Waals surface area (Å²) < 4.78 is 5.99.